The van der Waals surface area contributed by atoms with E-state index >= 15 is 0 Å². The first-order valence-electron chi connectivity index (χ1n) is 15.0. The van der Waals surface area contributed by atoms with Crippen molar-refractivity contribution < 1.29 is 29.3 Å². The van der Waals surface area contributed by atoms with Crippen molar-refractivity contribution in [3.8, 4) is 11.5 Å². The standard InChI is InChI=1S/C32H43N3O6/c36-27-20-25-6-2-3-7-29(25)41-22-30(38)33-23-32(21-28(27)37)12-16-35(17-13-32)31(39)24-8-10-26(11-9-24)40-19-18-34-14-4-1-5-15-34/h2-3,6-11,27-28,36-37H,1,4-5,12-23H2,(H,33,38)/t27-,28+/m0/s1. The summed E-state index contributed by atoms with van der Waals surface area (Å²) in [7, 11) is 0. The van der Waals surface area contributed by atoms with Crippen molar-refractivity contribution in [2.24, 2.45) is 5.41 Å². The predicted octanol–water partition coefficient (Wildman–Crippen LogP) is 2.64. The Kier molecular flexibility index (Phi) is 9.80. The number of rotatable bonds is 5. The molecule has 2 aromatic carbocycles. The summed E-state index contributed by atoms with van der Waals surface area (Å²) < 4.78 is 11.6. The third-order valence-corrected chi connectivity index (χ3v) is 8.84. The number of nitrogens with zero attached hydrogens (tertiary/aromatic N) is 2. The number of hydrogen-bond donors (Lipinski definition) is 3. The maximum Gasteiger partial charge on any atom is 0.257 e. The van der Waals surface area contributed by atoms with Crippen molar-refractivity contribution in [2.75, 3.05) is 52.5 Å². The van der Waals surface area contributed by atoms with Crippen molar-refractivity contribution in [1.82, 2.24) is 15.1 Å². The highest BCUT2D eigenvalue weighted by Crippen LogP contribution is 2.37. The normalized spacial score (nSPS) is 23.9. The highest BCUT2D eigenvalue weighted by Gasteiger charge is 2.39. The lowest BCUT2D eigenvalue weighted by Gasteiger charge is -2.43. The van der Waals surface area contributed by atoms with Crippen molar-refractivity contribution in [3.05, 3.63) is 59.7 Å². The van der Waals surface area contributed by atoms with Gasteiger partial charge in [-0.1, -0.05) is 24.6 Å². The summed E-state index contributed by atoms with van der Waals surface area (Å²) in [6, 6.07) is 14.6. The zero-order valence-electron chi connectivity index (χ0n) is 23.8. The molecule has 2 saturated heterocycles. The lowest BCUT2D eigenvalue weighted by molar-refractivity contribution is -0.124. The highest BCUT2D eigenvalue weighted by molar-refractivity contribution is 5.94. The van der Waals surface area contributed by atoms with Gasteiger partial charge in [0.15, 0.2) is 6.61 Å². The minimum Gasteiger partial charge on any atom is -0.492 e. The molecular formula is C32H43N3O6. The molecule has 0 radical (unpaired) electrons. The number of aliphatic hydroxyl groups excluding tert-OH is 2. The number of amides is 2. The number of para-hydroxylation sites is 1. The second kappa shape index (κ2) is 13.7. The van der Waals surface area contributed by atoms with E-state index in [0.717, 1.165) is 30.9 Å². The predicted molar refractivity (Wildman–Crippen MR) is 155 cm³/mol. The number of carbonyl (C=O) groups excluding carboxylic acids is 2. The Morgan fingerprint density at radius 1 is 0.976 bits per heavy atom. The summed E-state index contributed by atoms with van der Waals surface area (Å²) in [5.41, 5.74) is 0.931. The van der Waals surface area contributed by atoms with Crippen LogP contribution in [-0.4, -0.2) is 96.5 Å². The first-order chi connectivity index (χ1) is 19.9. The van der Waals surface area contributed by atoms with E-state index in [9.17, 15) is 19.8 Å². The largest absolute Gasteiger partial charge is 0.492 e. The van der Waals surface area contributed by atoms with E-state index in [0.29, 0.717) is 56.8 Å². The van der Waals surface area contributed by atoms with Gasteiger partial charge in [-0.05, 0) is 86.5 Å². The first kappa shape index (κ1) is 29.4. The number of aliphatic hydroxyl groups is 2. The first-order valence-corrected chi connectivity index (χ1v) is 15.0. The zero-order chi connectivity index (χ0) is 28.7. The van der Waals surface area contributed by atoms with Gasteiger partial charge in [-0.2, -0.15) is 0 Å². The fourth-order valence-electron chi connectivity index (χ4n) is 6.22. The summed E-state index contributed by atoms with van der Waals surface area (Å²) in [5.74, 6) is 1.03. The maximum absolute atomic E-state index is 13.3. The van der Waals surface area contributed by atoms with Gasteiger partial charge in [0.05, 0.1) is 12.2 Å². The van der Waals surface area contributed by atoms with Crippen LogP contribution in [0.5, 0.6) is 11.5 Å². The molecule has 2 fully saturated rings. The molecule has 2 atom stereocenters. The van der Waals surface area contributed by atoms with Gasteiger partial charge in [-0.15, -0.1) is 0 Å². The SMILES string of the molecule is O=C1COc2ccccc2C[C@H](O)[C@H](O)CC2(CCN(C(=O)c3ccc(OCCN4CCCCC4)cc3)CC2)CN1. The van der Waals surface area contributed by atoms with Crippen molar-refractivity contribution in [2.45, 2.75) is 57.2 Å². The lowest BCUT2D eigenvalue weighted by Crippen LogP contribution is -2.51. The van der Waals surface area contributed by atoms with Crippen LogP contribution >= 0.6 is 0 Å². The molecule has 2 amide bonds. The van der Waals surface area contributed by atoms with E-state index in [4.69, 9.17) is 9.47 Å². The molecule has 0 aliphatic carbocycles. The number of ether oxygens (including phenoxy) is 2. The summed E-state index contributed by atoms with van der Waals surface area (Å²) in [6.07, 6.45) is 3.69. The molecule has 3 aliphatic rings. The quantitative estimate of drug-likeness (QED) is 0.511. The molecule has 0 saturated carbocycles. The number of nitrogens with one attached hydrogen (secondary N) is 1. The van der Waals surface area contributed by atoms with Crippen LogP contribution in [0, 0.1) is 5.41 Å². The fraction of sp³-hybridized carbons (Fsp3) is 0.562. The van der Waals surface area contributed by atoms with Crippen molar-refractivity contribution in [3.63, 3.8) is 0 Å². The van der Waals surface area contributed by atoms with Crippen LogP contribution < -0.4 is 14.8 Å². The third kappa shape index (κ3) is 7.78. The third-order valence-electron chi connectivity index (χ3n) is 8.84. The van der Waals surface area contributed by atoms with Gasteiger partial charge in [-0.3, -0.25) is 14.5 Å². The molecule has 0 aromatic heterocycles. The smallest absolute Gasteiger partial charge is 0.257 e. The average Bonchev–Trinajstić information content (AvgIpc) is 3.00. The summed E-state index contributed by atoms with van der Waals surface area (Å²) in [6.45, 7) is 5.09. The summed E-state index contributed by atoms with van der Waals surface area (Å²) in [4.78, 5) is 30.2. The van der Waals surface area contributed by atoms with Gasteiger partial charge < -0.3 is 29.9 Å². The minimum atomic E-state index is -0.968. The van der Waals surface area contributed by atoms with E-state index in [1.54, 1.807) is 6.07 Å². The molecule has 41 heavy (non-hydrogen) atoms. The number of benzene rings is 2. The summed E-state index contributed by atoms with van der Waals surface area (Å²) >= 11 is 0. The second-order valence-electron chi connectivity index (χ2n) is 11.8. The van der Waals surface area contributed by atoms with E-state index in [1.165, 1.54) is 19.3 Å². The lowest BCUT2D eigenvalue weighted by atomic mass is 9.73. The van der Waals surface area contributed by atoms with Crippen LogP contribution in [0.15, 0.2) is 48.5 Å². The van der Waals surface area contributed by atoms with Gasteiger partial charge in [0.1, 0.15) is 18.1 Å². The zero-order valence-corrected chi connectivity index (χ0v) is 23.8. The van der Waals surface area contributed by atoms with E-state index in [-0.39, 0.29) is 24.8 Å². The van der Waals surface area contributed by atoms with Crippen LogP contribution in [0.3, 0.4) is 0 Å². The number of carbonyl (C=O) groups is 2. The molecule has 3 heterocycles. The summed E-state index contributed by atoms with van der Waals surface area (Å²) in [5, 5.41) is 24.8. The highest BCUT2D eigenvalue weighted by atomic mass is 16.5. The van der Waals surface area contributed by atoms with Gasteiger partial charge in [0, 0.05) is 38.2 Å². The topological polar surface area (TPSA) is 112 Å². The van der Waals surface area contributed by atoms with Crippen LogP contribution in [0.1, 0.15) is 54.4 Å². The molecule has 0 unspecified atom stereocenters. The molecule has 0 bridgehead atoms. The maximum atomic E-state index is 13.3. The Morgan fingerprint density at radius 2 is 1.71 bits per heavy atom. The van der Waals surface area contributed by atoms with Gasteiger partial charge in [-0.25, -0.2) is 0 Å². The molecule has 3 aliphatic heterocycles. The van der Waals surface area contributed by atoms with E-state index in [1.807, 2.05) is 47.4 Å². The molecule has 9 nitrogen and oxygen atoms in total. The van der Waals surface area contributed by atoms with Crippen LogP contribution in [-0.2, 0) is 11.2 Å². The van der Waals surface area contributed by atoms with Crippen LogP contribution in [0.25, 0.3) is 0 Å². The fourth-order valence-corrected chi connectivity index (χ4v) is 6.22. The Morgan fingerprint density at radius 3 is 2.46 bits per heavy atom. The van der Waals surface area contributed by atoms with Crippen LogP contribution in [0.4, 0.5) is 0 Å². The number of likely N-dealkylation sites (tertiary alicyclic amines) is 2. The van der Waals surface area contributed by atoms with E-state index < -0.39 is 17.6 Å². The molecule has 222 valence electrons. The monoisotopic (exact) mass is 565 g/mol. The molecule has 1 spiro atoms. The average molecular weight is 566 g/mol. The van der Waals surface area contributed by atoms with Gasteiger partial charge >= 0.3 is 0 Å². The van der Waals surface area contributed by atoms with E-state index in [2.05, 4.69) is 10.2 Å². The molecule has 5 rings (SSSR count). The Balaban J connectivity index is 1.16. The molecule has 9 heteroatoms. The number of hydrogen-bond acceptors (Lipinski definition) is 7. The number of fused-ring (bicyclic) bond motifs is 1. The minimum absolute atomic E-state index is 0.0394. The van der Waals surface area contributed by atoms with Crippen molar-refractivity contribution >= 4 is 11.8 Å². The van der Waals surface area contributed by atoms with Gasteiger partial charge in [0.25, 0.3) is 11.8 Å². The Hall–Kier alpha value is -3.14. The number of piperidine rings is 2. The second-order valence-corrected chi connectivity index (χ2v) is 11.8. The van der Waals surface area contributed by atoms with Crippen molar-refractivity contribution in [1.29, 1.82) is 0 Å². The Labute approximate surface area is 242 Å². The molecule has 3 N–H and O–H groups in total. The van der Waals surface area contributed by atoms with Crippen LogP contribution in [0.2, 0.25) is 0 Å². The van der Waals surface area contributed by atoms with Gasteiger partial charge in [0.2, 0.25) is 0 Å². The molecule has 2 aromatic rings. The Bertz CT molecular complexity index is 1160. The molecular weight excluding hydrogens is 522 g/mol.